The van der Waals surface area contributed by atoms with Gasteiger partial charge in [-0.3, -0.25) is 9.59 Å². The fourth-order valence-corrected chi connectivity index (χ4v) is 4.81. The van der Waals surface area contributed by atoms with Crippen molar-refractivity contribution in [2.24, 2.45) is 5.41 Å². The van der Waals surface area contributed by atoms with Crippen LogP contribution in [0.4, 0.5) is 0 Å². The van der Waals surface area contributed by atoms with Crippen LogP contribution in [0.15, 0.2) is 12.1 Å². The Morgan fingerprint density at radius 1 is 1.27 bits per heavy atom. The molecule has 3 saturated heterocycles. The Bertz CT molecular complexity index is 680. The summed E-state index contributed by atoms with van der Waals surface area (Å²) in [6.07, 6.45) is 5.49. The maximum absolute atomic E-state index is 13.3. The number of hydrogen-bond donors (Lipinski definition) is 1. The second kappa shape index (κ2) is 7.06. The van der Waals surface area contributed by atoms with E-state index in [1.54, 1.807) is 0 Å². The molecule has 1 spiro atoms. The number of rotatable bonds is 3. The molecule has 3 aliphatic heterocycles. The lowest BCUT2D eigenvalue weighted by atomic mass is 9.77. The average molecular weight is 359 g/mol. The van der Waals surface area contributed by atoms with E-state index < -0.39 is 0 Å². The molecule has 4 heterocycles. The van der Waals surface area contributed by atoms with E-state index in [1.165, 1.54) is 0 Å². The third-order valence-electron chi connectivity index (χ3n) is 6.40. The van der Waals surface area contributed by atoms with Crippen molar-refractivity contribution < 1.29 is 14.3 Å². The first-order valence-corrected chi connectivity index (χ1v) is 9.99. The number of carbonyl (C=O) groups excluding carboxylic acids is 2. The number of piperidine rings is 1. The highest BCUT2D eigenvalue weighted by molar-refractivity contribution is 5.94. The van der Waals surface area contributed by atoms with Gasteiger partial charge in [-0.1, -0.05) is 6.92 Å². The summed E-state index contributed by atoms with van der Waals surface area (Å²) in [6, 6.07) is 4.15. The smallest absolute Gasteiger partial charge is 0.270 e. The van der Waals surface area contributed by atoms with Crippen LogP contribution < -0.4 is 0 Å². The van der Waals surface area contributed by atoms with Crippen molar-refractivity contribution in [3.8, 4) is 0 Å². The van der Waals surface area contributed by atoms with Crippen LogP contribution in [0.1, 0.15) is 55.2 Å². The zero-order chi connectivity index (χ0) is 18.1. The number of aromatic amines is 1. The first kappa shape index (κ1) is 17.6. The third-order valence-corrected chi connectivity index (χ3v) is 6.40. The van der Waals surface area contributed by atoms with Crippen molar-refractivity contribution in [2.75, 3.05) is 32.8 Å². The molecule has 1 aromatic rings. The van der Waals surface area contributed by atoms with Gasteiger partial charge in [0.05, 0.1) is 5.41 Å². The number of likely N-dealkylation sites (tertiary alicyclic amines) is 2. The number of nitrogens with zero attached hydrogens (tertiary/aromatic N) is 2. The summed E-state index contributed by atoms with van der Waals surface area (Å²) >= 11 is 0. The van der Waals surface area contributed by atoms with Crippen LogP contribution in [0.5, 0.6) is 0 Å². The van der Waals surface area contributed by atoms with E-state index in [2.05, 4.69) is 16.8 Å². The molecule has 1 atom stereocenters. The van der Waals surface area contributed by atoms with Gasteiger partial charge in [0, 0.05) is 44.6 Å². The minimum Gasteiger partial charge on any atom is -0.381 e. The summed E-state index contributed by atoms with van der Waals surface area (Å²) in [4.78, 5) is 33.4. The topological polar surface area (TPSA) is 65.6 Å². The van der Waals surface area contributed by atoms with Crippen LogP contribution in [0, 0.1) is 5.41 Å². The summed E-state index contributed by atoms with van der Waals surface area (Å²) < 4.78 is 5.46. The van der Waals surface area contributed by atoms with E-state index >= 15 is 0 Å². The molecular weight excluding hydrogens is 330 g/mol. The van der Waals surface area contributed by atoms with Crippen molar-refractivity contribution in [2.45, 2.75) is 51.5 Å². The number of carbonyl (C=O) groups is 2. The summed E-state index contributed by atoms with van der Waals surface area (Å²) in [5.41, 5.74) is 1.34. The van der Waals surface area contributed by atoms with E-state index in [4.69, 9.17) is 4.74 Å². The molecular formula is C20H29N3O3. The predicted molar refractivity (Wildman–Crippen MR) is 97.9 cm³/mol. The number of H-pyrrole nitrogens is 1. The zero-order valence-corrected chi connectivity index (χ0v) is 15.6. The number of nitrogens with one attached hydrogen (secondary N) is 1. The fourth-order valence-electron chi connectivity index (χ4n) is 4.81. The highest BCUT2D eigenvalue weighted by Crippen LogP contribution is 2.41. The van der Waals surface area contributed by atoms with Crippen molar-refractivity contribution >= 4 is 11.8 Å². The largest absolute Gasteiger partial charge is 0.381 e. The van der Waals surface area contributed by atoms with Gasteiger partial charge in [0.1, 0.15) is 5.69 Å². The molecule has 0 aromatic carbocycles. The summed E-state index contributed by atoms with van der Waals surface area (Å²) in [5.74, 6) is 0.296. The van der Waals surface area contributed by atoms with Crippen LogP contribution in [0.25, 0.3) is 0 Å². The molecule has 6 heteroatoms. The molecule has 1 N–H and O–H groups in total. The Morgan fingerprint density at radius 2 is 2.08 bits per heavy atom. The molecule has 3 fully saturated rings. The summed E-state index contributed by atoms with van der Waals surface area (Å²) in [7, 11) is 0. The lowest BCUT2D eigenvalue weighted by molar-refractivity contribution is -0.150. The van der Waals surface area contributed by atoms with Gasteiger partial charge >= 0.3 is 0 Å². The first-order chi connectivity index (χ1) is 12.6. The lowest BCUT2D eigenvalue weighted by Gasteiger charge is -2.44. The van der Waals surface area contributed by atoms with Gasteiger partial charge < -0.3 is 19.5 Å². The molecule has 1 aromatic heterocycles. The molecule has 6 nitrogen and oxygen atoms in total. The van der Waals surface area contributed by atoms with E-state index in [1.807, 2.05) is 17.0 Å². The standard InChI is InChI=1S/C20H29N3O3/c1-2-15-4-5-17(21-15)18(24)22-11-9-20(14-22)8-3-10-23(19(20)25)16-6-12-26-13-7-16/h4-5,16,21H,2-3,6-14H2,1H3/t20-/m1/s1. The van der Waals surface area contributed by atoms with Crippen LogP contribution in [0.3, 0.4) is 0 Å². The monoisotopic (exact) mass is 359 g/mol. The minimum absolute atomic E-state index is 0.0255. The SMILES string of the molecule is CCc1ccc(C(=O)N2CC[C@]3(CCCN(C4CCOCC4)C3=O)C2)[nH]1. The predicted octanol–water partition coefficient (Wildman–Crippen LogP) is 2.21. The molecule has 0 radical (unpaired) electrons. The van der Waals surface area contributed by atoms with Gasteiger partial charge in [0.15, 0.2) is 0 Å². The molecule has 0 unspecified atom stereocenters. The number of hydrogen-bond acceptors (Lipinski definition) is 3. The molecule has 4 rings (SSSR count). The van der Waals surface area contributed by atoms with Crippen LogP contribution in [-0.2, 0) is 16.0 Å². The highest BCUT2D eigenvalue weighted by Gasteiger charge is 2.50. The normalized spacial score (nSPS) is 27.5. The van der Waals surface area contributed by atoms with Gasteiger partial charge in [0.2, 0.25) is 5.91 Å². The number of aromatic nitrogens is 1. The van der Waals surface area contributed by atoms with Gasteiger partial charge in [-0.2, -0.15) is 0 Å². The van der Waals surface area contributed by atoms with Crippen molar-refractivity contribution in [1.29, 1.82) is 0 Å². The summed E-state index contributed by atoms with van der Waals surface area (Å²) in [5, 5.41) is 0. The zero-order valence-electron chi connectivity index (χ0n) is 15.6. The quantitative estimate of drug-likeness (QED) is 0.900. The molecule has 0 saturated carbocycles. The third kappa shape index (κ3) is 3.04. The molecule has 26 heavy (non-hydrogen) atoms. The highest BCUT2D eigenvalue weighted by atomic mass is 16.5. The van der Waals surface area contributed by atoms with E-state index in [0.29, 0.717) is 24.8 Å². The number of ether oxygens (including phenoxy) is 1. The summed E-state index contributed by atoms with van der Waals surface area (Å²) in [6.45, 7) is 5.65. The molecule has 0 aliphatic carbocycles. The van der Waals surface area contributed by atoms with Crippen LogP contribution >= 0.6 is 0 Å². The van der Waals surface area contributed by atoms with Gasteiger partial charge in [-0.15, -0.1) is 0 Å². The lowest BCUT2D eigenvalue weighted by Crippen LogP contribution is -2.55. The molecule has 2 amide bonds. The van der Waals surface area contributed by atoms with E-state index in [-0.39, 0.29) is 17.2 Å². The Hall–Kier alpha value is -1.82. The van der Waals surface area contributed by atoms with Crippen LogP contribution in [0.2, 0.25) is 0 Å². The Balaban J connectivity index is 1.47. The van der Waals surface area contributed by atoms with Crippen molar-refractivity contribution in [1.82, 2.24) is 14.8 Å². The maximum atomic E-state index is 13.3. The van der Waals surface area contributed by atoms with Gasteiger partial charge in [-0.25, -0.2) is 0 Å². The van der Waals surface area contributed by atoms with E-state index in [9.17, 15) is 9.59 Å². The Kier molecular flexibility index (Phi) is 4.78. The number of amides is 2. The Morgan fingerprint density at radius 3 is 2.81 bits per heavy atom. The maximum Gasteiger partial charge on any atom is 0.270 e. The average Bonchev–Trinajstić information content (AvgIpc) is 3.32. The minimum atomic E-state index is -0.369. The molecule has 142 valence electrons. The number of aryl methyl sites for hydroxylation is 1. The first-order valence-electron chi connectivity index (χ1n) is 9.99. The van der Waals surface area contributed by atoms with E-state index in [0.717, 1.165) is 64.0 Å². The molecule has 0 bridgehead atoms. The van der Waals surface area contributed by atoms with Gasteiger partial charge in [-0.05, 0) is 50.7 Å². The van der Waals surface area contributed by atoms with Crippen LogP contribution in [-0.4, -0.2) is 65.5 Å². The molecule has 3 aliphatic rings. The van der Waals surface area contributed by atoms with Crippen molar-refractivity contribution in [3.63, 3.8) is 0 Å². The van der Waals surface area contributed by atoms with Gasteiger partial charge in [0.25, 0.3) is 5.91 Å². The Labute approximate surface area is 154 Å². The fraction of sp³-hybridized carbons (Fsp3) is 0.700. The second-order valence-corrected chi connectivity index (χ2v) is 7.95. The van der Waals surface area contributed by atoms with Crippen molar-refractivity contribution in [3.05, 3.63) is 23.5 Å². The second-order valence-electron chi connectivity index (χ2n) is 7.95.